The summed E-state index contributed by atoms with van der Waals surface area (Å²) in [6.45, 7) is 6.34. The number of halogens is 3. The number of carbonyl (C=O) groups is 2. The molecule has 0 spiro atoms. The lowest BCUT2D eigenvalue weighted by Crippen LogP contribution is -2.35. The fourth-order valence-corrected chi connectivity index (χ4v) is 5.15. The van der Waals surface area contributed by atoms with Crippen molar-refractivity contribution in [3.05, 3.63) is 29.1 Å². The first kappa shape index (κ1) is 24.4. The van der Waals surface area contributed by atoms with Crippen LogP contribution >= 0.6 is 0 Å². The lowest BCUT2D eigenvalue weighted by atomic mass is 9.90. The van der Waals surface area contributed by atoms with Gasteiger partial charge in [-0.25, -0.2) is 14.6 Å². The van der Waals surface area contributed by atoms with Gasteiger partial charge in [0.2, 0.25) is 6.10 Å². The van der Waals surface area contributed by atoms with Crippen LogP contribution in [0.5, 0.6) is 0 Å². The van der Waals surface area contributed by atoms with E-state index in [1.165, 1.54) is 12.3 Å². The number of nitrogens with one attached hydrogen (secondary N) is 1. The number of hydrogen-bond acceptors (Lipinski definition) is 6. The molecule has 2 aliphatic heterocycles. The molecule has 9 nitrogen and oxygen atoms in total. The number of fused-ring (bicyclic) bond motifs is 2. The Kier molecular flexibility index (Phi) is 5.87. The molecule has 5 rings (SSSR count). The summed E-state index contributed by atoms with van der Waals surface area (Å²) >= 11 is 0. The molecule has 2 atom stereocenters. The van der Waals surface area contributed by atoms with E-state index < -0.39 is 30.1 Å². The Bertz CT molecular complexity index is 1200. The highest BCUT2D eigenvalue weighted by Crippen LogP contribution is 2.47. The van der Waals surface area contributed by atoms with Crippen molar-refractivity contribution >= 4 is 18.0 Å². The summed E-state index contributed by atoms with van der Waals surface area (Å²) in [6, 6.07) is 1.37. The summed E-state index contributed by atoms with van der Waals surface area (Å²) in [5.74, 6) is -0.179. The quantitative estimate of drug-likeness (QED) is 0.602. The van der Waals surface area contributed by atoms with Crippen LogP contribution in [0.15, 0.2) is 12.3 Å². The van der Waals surface area contributed by atoms with Gasteiger partial charge in [0.1, 0.15) is 11.4 Å². The van der Waals surface area contributed by atoms with Gasteiger partial charge >= 0.3 is 18.4 Å². The predicted molar refractivity (Wildman–Crippen MR) is 122 cm³/mol. The number of aromatic nitrogens is 3. The Hall–Kier alpha value is -3.31. The van der Waals surface area contributed by atoms with Crippen LogP contribution in [0.2, 0.25) is 0 Å². The van der Waals surface area contributed by atoms with Crippen LogP contribution in [-0.2, 0) is 22.3 Å². The molecule has 0 bridgehead atoms. The van der Waals surface area contributed by atoms with Crippen molar-refractivity contribution in [2.75, 3.05) is 18.4 Å². The molecule has 12 heteroatoms. The van der Waals surface area contributed by atoms with Gasteiger partial charge < -0.3 is 14.4 Å². The van der Waals surface area contributed by atoms with Gasteiger partial charge in [0.15, 0.2) is 0 Å². The van der Waals surface area contributed by atoms with Gasteiger partial charge in [0.05, 0.1) is 17.3 Å². The predicted octanol–water partition coefficient (Wildman–Crippen LogP) is 5.17. The Labute approximate surface area is 205 Å². The van der Waals surface area contributed by atoms with Crippen molar-refractivity contribution in [1.29, 1.82) is 0 Å². The number of likely N-dealkylation sites (tertiary alicyclic amines) is 1. The van der Waals surface area contributed by atoms with Crippen molar-refractivity contribution in [3.8, 4) is 11.3 Å². The molecular weight excluding hydrogens is 479 g/mol. The van der Waals surface area contributed by atoms with E-state index in [1.807, 2.05) is 25.5 Å². The zero-order valence-electron chi connectivity index (χ0n) is 20.3. The number of ether oxygens (including phenoxy) is 2. The van der Waals surface area contributed by atoms with Crippen LogP contribution in [0.3, 0.4) is 0 Å². The number of rotatable bonds is 2. The van der Waals surface area contributed by atoms with Crippen LogP contribution in [0.1, 0.15) is 69.0 Å². The average Bonchev–Trinajstić information content (AvgIpc) is 3.41. The van der Waals surface area contributed by atoms with Crippen LogP contribution in [0.25, 0.3) is 11.3 Å². The van der Waals surface area contributed by atoms with E-state index in [0.717, 1.165) is 30.5 Å². The van der Waals surface area contributed by atoms with E-state index in [-0.39, 0.29) is 23.0 Å². The number of carbonyl (C=O) groups excluding carboxylic acids is 2. The highest BCUT2D eigenvalue weighted by molar-refractivity contribution is 5.89. The first-order valence-electron chi connectivity index (χ1n) is 12.0. The van der Waals surface area contributed by atoms with Crippen LogP contribution in [0, 0.1) is 0 Å². The molecule has 0 saturated carbocycles. The minimum Gasteiger partial charge on any atom is -0.444 e. The maximum atomic E-state index is 13.9. The molecule has 2 aromatic heterocycles. The molecule has 194 valence electrons. The van der Waals surface area contributed by atoms with Gasteiger partial charge in [-0.05, 0) is 58.9 Å². The smallest absolute Gasteiger partial charge is 0.430 e. The zero-order valence-corrected chi connectivity index (χ0v) is 20.3. The molecule has 1 N–H and O–H groups in total. The number of amides is 2. The van der Waals surface area contributed by atoms with Gasteiger partial charge in [-0.1, -0.05) is 0 Å². The number of cyclic esters (lactones) is 1. The second-order valence-electron chi connectivity index (χ2n) is 10.4. The molecule has 0 radical (unpaired) electrons. The number of hydrogen-bond donors (Lipinski definition) is 1. The van der Waals surface area contributed by atoms with E-state index in [4.69, 9.17) is 9.84 Å². The molecule has 2 amide bonds. The minimum absolute atomic E-state index is 0.120. The number of anilines is 1. The van der Waals surface area contributed by atoms with Crippen molar-refractivity contribution in [3.63, 3.8) is 0 Å². The standard InChI is InChI=1S/C24H28F3N5O4/c1-23(2,3)36-22(34)31-11-9-13(12-31)32-16-7-5-4-6-14(16)18(30-32)15-8-10-28-20-17(15)19(24(25,26)27)35-21(33)29-20/h8,10,13,19H,4-7,9,11-12H2,1-3H3,(H,28,29,33)/t13-,19-/m1/s1. The first-order chi connectivity index (χ1) is 16.9. The second-order valence-corrected chi connectivity index (χ2v) is 10.4. The highest BCUT2D eigenvalue weighted by atomic mass is 19.4. The summed E-state index contributed by atoms with van der Waals surface area (Å²) in [4.78, 5) is 30.0. The van der Waals surface area contributed by atoms with Crippen molar-refractivity contribution in [2.24, 2.45) is 0 Å². The molecule has 1 aliphatic carbocycles. The summed E-state index contributed by atoms with van der Waals surface area (Å²) < 4.78 is 53.8. The lowest BCUT2D eigenvalue weighted by Gasteiger charge is -2.28. The van der Waals surface area contributed by atoms with Gasteiger partial charge in [-0.2, -0.15) is 18.3 Å². The molecule has 2 aromatic rings. The van der Waals surface area contributed by atoms with E-state index in [1.54, 1.807) is 4.90 Å². The summed E-state index contributed by atoms with van der Waals surface area (Å²) in [5.41, 5.74) is 1.68. The fourth-order valence-electron chi connectivity index (χ4n) is 5.15. The monoisotopic (exact) mass is 507 g/mol. The average molecular weight is 508 g/mol. The SMILES string of the molecule is CC(C)(C)OC(=O)N1CC[C@@H](n2nc(-c3ccnc4c3[C@H](C(F)(F)F)OC(=O)N4)c3c2CCCC3)C1. The Balaban J connectivity index is 1.54. The molecule has 0 unspecified atom stereocenters. The summed E-state index contributed by atoms with van der Waals surface area (Å²) in [7, 11) is 0. The molecule has 1 saturated heterocycles. The Morgan fingerprint density at radius 2 is 1.97 bits per heavy atom. The third-order valence-corrected chi connectivity index (χ3v) is 6.62. The molecule has 3 aliphatic rings. The van der Waals surface area contributed by atoms with Crippen LogP contribution in [0.4, 0.5) is 28.6 Å². The summed E-state index contributed by atoms with van der Waals surface area (Å²) in [5, 5.41) is 7.12. The topological polar surface area (TPSA) is 98.6 Å². The Morgan fingerprint density at radius 3 is 2.69 bits per heavy atom. The molecular formula is C24H28F3N5O4. The molecule has 4 heterocycles. The van der Waals surface area contributed by atoms with Crippen LogP contribution in [-0.4, -0.2) is 56.7 Å². The number of nitrogens with zero attached hydrogens (tertiary/aromatic N) is 4. The van der Waals surface area contributed by atoms with Crippen molar-refractivity contribution < 1.29 is 32.2 Å². The third kappa shape index (κ3) is 4.48. The lowest BCUT2D eigenvalue weighted by molar-refractivity contribution is -0.206. The number of pyridine rings is 1. The number of alkyl halides is 3. The largest absolute Gasteiger partial charge is 0.444 e. The van der Waals surface area contributed by atoms with E-state index in [0.29, 0.717) is 31.6 Å². The zero-order chi connectivity index (χ0) is 25.8. The van der Waals surface area contributed by atoms with E-state index in [2.05, 4.69) is 15.0 Å². The molecule has 36 heavy (non-hydrogen) atoms. The van der Waals surface area contributed by atoms with Gasteiger partial charge in [-0.3, -0.25) is 10.00 Å². The van der Waals surface area contributed by atoms with E-state index >= 15 is 0 Å². The maximum absolute atomic E-state index is 13.9. The van der Waals surface area contributed by atoms with Crippen LogP contribution < -0.4 is 5.32 Å². The summed E-state index contributed by atoms with van der Waals surface area (Å²) in [6.07, 6.45) is -3.57. The van der Waals surface area contributed by atoms with Gasteiger partial charge in [0, 0.05) is 36.1 Å². The molecule has 0 aromatic carbocycles. The second kappa shape index (κ2) is 8.67. The van der Waals surface area contributed by atoms with Crippen molar-refractivity contribution in [2.45, 2.75) is 76.8 Å². The fraction of sp³-hybridized carbons (Fsp3) is 0.583. The first-order valence-corrected chi connectivity index (χ1v) is 12.0. The highest BCUT2D eigenvalue weighted by Gasteiger charge is 2.49. The van der Waals surface area contributed by atoms with Gasteiger partial charge in [0.25, 0.3) is 0 Å². The van der Waals surface area contributed by atoms with Crippen molar-refractivity contribution in [1.82, 2.24) is 19.7 Å². The third-order valence-electron chi connectivity index (χ3n) is 6.62. The normalized spacial score (nSPS) is 21.9. The maximum Gasteiger partial charge on any atom is 0.430 e. The minimum atomic E-state index is -4.81. The van der Waals surface area contributed by atoms with E-state index in [9.17, 15) is 22.8 Å². The van der Waals surface area contributed by atoms with Gasteiger partial charge in [-0.15, -0.1) is 0 Å². The Morgan fingerprint density at radius 1 is 1.22 bits per heavy atom. The molecule has 1 fully saturated rings.